The largest absolute Gasteiger partial charge is 0.508 e. The molecular weight excluding hydrogens is 216 g/mol. The number of benzene rings is 1. The molecule has 1 fully saturated rings. The van der Waals surface area contributed by atoms with Crippen LogP contribution in [-0.2, 0) is 4.79 Å². The van der Waals surface area contributed by atoms with Crippen molar-refractivity contribution in [3.63, 3.8) is 0 Å². The fourth-order valence-electron chi connectivity index (χ4n) is 3.06. The molecule has 3 rings (SSSR count). The lowest BCUT2D eigenvalue weighted by atomic mass is 9.91. The number of amides is 1. The number of phenolic OH excluding ortho intramolecular Hbond substituents is 1. The van der Waals surface area contributed by atoms with Crippen molar-refractivity contribution in [2.75, 3.05) is 17.3 Å². The maximum Gasteiger partial charge on any atom is 0.250 e. The summed E-state index contributed by atoms with van der Waals surface area (Å²) in [5.41, 5.74) is 1.32. The van der Waals surface area contributed by atoms with E-state index in [4.69, 9.17) is 0 Å². The van der Waals surface area contributed by atoms with Crippen molar-refractivity contribution in [2.24, 2.45) is 0 Å². The minimum Gasteiger partial charge on any atom is -0.508 e. The van der Waals surface area contributed by atoms with Gasteiger partial charge in [0.2, 0.25) is 5.91 Å². The van der Waals surface area contributed by atoms with Gasteiger partial charge in [0.25, 0.3) is 0 Å². The Balaban J connectivity index is 2.10. The van der Waals surface area contributed by atoms with Crippen molar-refractivity contribution < 1.29 is 9.90 Å². The van der Waals surface area contributed by atoms with Crippen LogP contribution in [0.5, 0.6) is 5.75 Å². The molecule has 1 aromatic carbocycles. The Kier molecular flexibility index (Phi) is 2.08. The predicted octanol–water partition coefficient (Wildman–Crippen LogP) is 2.09. The first-order valence-electron chi connectivity index (χ1n) is 6.02. The Morgan fingerprint density at radius 1 is 1.35 bits per heavy atom. The molecule has 1 aliphatic heterocycles. The van der Waals surface area contributed by atoms with E-state index in [1.54, 1.807) is 12.1 Å². The van der Waals surface area contributed by atoms with E-state index in [0.717, 1.165) is 31.4 Å². The maximum atomic E-state index is 12.3. The van der Waals surface area contributed by atoms with Crippen LogP contribution in [0.2, 0.25) is 0 Å². The fraction of sp³-hybridized carbons (Fsp3) is 0.462. The van der Waals surface area contributed by atoms with E-state index in [1.807, 2.05) is 13.1 Å². The molecule has 1 aromatic rings. The van der Waals surface area contributed by atoms with Gasteiger partial charge < -0.3 is 15.3 Å². The summed E-state index contributed by atoms with van der Waals surface area (Å²) in [5, 5.41) is 12.4. The lowest BCUT2D eigenvalue weighted by Gasteiger charge is -2.43. The maximum absolute atomic E-state index is 12.3. The number of likely N-dealkylation sites (N-methyl/N-ethyl adjacent to an activating group) is 1. The Morgan fingerprint density at radius 3 is 2.76 bits per heavy atom. The van der Waals surface area contributed by atoms with Gasteiger partial charge in [-0.15, -0.1) is 0 Å². The van der Waals surface area contributed by atoms with Crippen molar-refractivity contribution in [3.05, 3.63) is 18.2 Å². The summed E-state index contributed by atoms with van der Waals surface area (Å²) in [5.74, 6) is 0.246. The van der Waals surface area contributed by atoms with E-state index in [9.17, 15) is 9.90 Å². The van der Waals surface area contributed by atoms with Crippen LogP contribution in [0, 0.1) is 0 Å². The quantitative estimate of drug-likeness (QED) is 0.720. The van der Waals surface area contributed by atoms with Crippen LogP contribution in [0.1, 0.15) is 25.7 Å². The molecule has 1 aliphatic carbocycles. The number of hydrogen-bond donors (Lipinski definition) is 2. The third-order valence-electron chi connectivity index (χ3n) is 4.09. The molecule has 0 saturated heterocycles. The molecule has 1 saturated carbocycles. The van der Waals surface area contributed by atoms with Crippen LogP contribution in [-0.4, -0.2) is 23.6 Å². The molecular formula is C13H16N2O2. The number of hydrogen-bond acceptors (Lipinski definition) is 3. The molecule has 0 bridgehead atoms. The Bertz CT molecular complexity index is 478. The molecule has 4 heteroatoms. The average Bonchev–Trinajstić information content (AvgIpc) is 2.77. The van der Waals surface area contributed by atoms with Crippen molar-refractivity contribution in [1.29, 1.82) is 0 Å². The second-order valence-electron chi connectivity index (χ2n) is 4.95. The van der Waals surface area contributed by atoms with Gasteiger partial charge in [-0.1, -0.05) is 12.8 Å². The second kappa shape index (κ2) is 3.39. The SMILES string of the molecule is CN1c2ccc(O)cc2NC(=O)C12CCCC2. The summed E-state index contributed by atoms with van der Waals surface area (Å²) >= 11 is 0. The number of anilines is 2. The average molecular weight is 232 g/mol. The van der Waals surface area contributed by atoms with Crippen LogP contribution in [0.3, 0.4) is 0 Å². The summed E-state index contributed by atoms with van der Waals surface area (Å²) < 4.78 is 0. The van der Waals surface area contributed by atoms with Gasteiger partial charge in [0, 0.05) is 13.1 Å². The van der Waals surface area contributed by atoms with Gasteiger partial charge in [-0.25, -0.2) is 0 Å². The van der Waals surface area contributed by atoms with Crippen LogP contribution in [0.25, 0.3) is 0 Å². The number of phenols is 1. The molecule has 4 nitrogen and oxygen atoms in total. The smallest absolute Gasteiger partial charge is 0.250 e. The monoisotopic (exact) mass is 232 g/mol. The van der Waals surface area contributed by atoms with E-state index in [2.05, 4.69) is 10.2 Å². The highest BCUT2D eigenvalue weighted by atomic mass is 16.3. The van der Waals surface area contributed by atoms with E-state index < -0.39 is 0 Å². The van der Waals surface area contributed by atoms with Crippen LogP contribution < -0.4 is 10.2 Å². The molecule has 2 N–H and O–H groups in total. The summed E-state index contributed by atoms with van der Waals surface area (Å²) in [6.45, 7) is 0. The summed E-state index contributed by atoms with van der Waals surface area (Å²) in [4.78, 5) is 14.3. The van der Waals surface area contributed by atoms with E-state index in [-0.39, 0.29) is 17.2 Å². The number of carbonyl (C=O) groups excluding carboxylic acids is 1. The number of carbonyl (C=O) groups is 1. The molecule has 1 amide bonds. The van der Waals surface area contributed by atoms with Crippen molar-refractivity contribution in [3.8, 4) is 5.75 Å². The number of fused-ring (bicyclic) bond motifs is 1. The third-order valence-corrected chi connectivity index (χ3v) is 4.09. The third kappa shape index (κ3) is 1.33. The van der Waals surface area contributed by atoms with E-state index in [1.165, 1.54) is 0 Å². The van der Waals surface area contributed by atoms with Gasteiger partial charge in [-0.05, 0) is 25.0 Å². The second-order valence-corrected chi connectivity index (χ2v) is 4.95. The lowest BCUT2D eigenvalue weighted by molar-refractivity contribution is -0.121. The Hall–Kier alpha value is -1.71. The van der Waals surface area contributed by atoms with Gasteiger partial charge in [-0.2, -0.15) is 0 Å². The summed E-state index contributed by atoms with van der Waals surface area (Å²) in [6.07, 6.45) is 4.03. The Morgan fingerprint density at radius 2 is 2.06 bits per heavy atom. The van der Waals surface area contributed by atoms with Crippen LogP contribution in [0.15, 0.2) is 18.2 Å². The molecule has 0 aromatic heterocycles. The van der Waals surface area contributed by atoms with Crippen LogP contribution >= 0.6 is 0 Å². The first kappa shape index (κ1) is 10.4. The molecule has 0 unspecified atom stereocenters. The molecule has 17 heavy (non-hydrogen) atoms. The standard InChI is InChI=1S/C13H16N2O2/c1-15-11-5-4-9(16)8-10(11)14-12(17)13(15)6-2-3-7-13/h4-5,8,16H,2-3,6-7H2,1H3,(H,14,17). The topological polar surface area (TPSA) is 52.6 Å². The van der Waals surface area contributed by atoms with E-state index >= 15 is 0 Å². The van der Waals surface area contributed by atoms with Crippen molar-refractivity contribution >= 4 is 17.3 Å². The van der Waals surface area contributed by atoms with Gasteiger partial charge in [0.15, 0.2) is 0 Å². The fourth-order valence-corrected chi connectivity index (χ4v) is 3.06. The molecule has 1 heterocycles. The molecule has 2 aliphatic rings. The lowest BCUT2D eigenvalue weighted by Crippen LogP contribution is -2.56. The highest BCUT2D eigenvalue weighted by molar-refractivity contribution is 6.06. The number of rotatable bonds is 0. The minimum absolute atomic E-state index is 0.0654. The highest BCUT2D eigenvalue weighted by Crippen LogP contribution is 2.44. The van der Waals surface area contributed by atoms with Crippen molar-refractivity contribution in [1.82, 2.24) is 0 Å². The summed E-state index contributed by atoms with van der Waals surface area (Å²) in [7, 11) is 1.97. The number of nitrogens with one attached hydrogen (secondary N) is 1. The zero-order valence-corrected chi connectivity index (χ0v) is 9.86. The normalized spacial score (nSPS) is 21.5. The zero-order chi connectivity index (χ0) is 12.0. The highest BCUT2D eigenvalue weighted by Gasteiger charge is 2.48. The Labute approximate surface area is 100 Å². The predicted molar refractivity (Wildman–Crippen MR) is 66.3 cm³/mol. The summed E-state index contributed by atoms with van der Waals surface area (Å²) in [6, 6.07) is 5.13. The zero-order valence-electron chi connectivity index (χ0n) is 9.86. The van der Waals surface area contributed by atoms with Gasteiger partial charge in [0.1, 0.15) is 11.3 Å². The molecule has 1 spiro atoms. The first-order valence-corrected chi connectivity index (χ1v) is 6.02. The number of aromatic hydroxyl groups is 1. The van der Waals surface area contributed by atoms with Gasteiger partial charge in [-0.3, -0.25) is 4.79 Å². The van der Waals surface area contributed by atoms with Crippen LogP contribution in [0.4, 0.5) is 11.4 Å². The number of nitrogens with zero attached hydrogens (tertiary/aromatic N) is 1. The minimum atomic E-state index is -0.371. The van der Waals surface area contributed by atoms with E-state index in [0.29, 0.717) is 5.69 Å². The first-order chi connectivity index (χ1) is 8.13. The van der Waals surface area contributed by atoms with Crippen molar-refractivity contribution in [2.45, 2.75) is 31.2 Å². The molecule has 90 valence electrons. The molecule has 0 radical (unpaired) electrons. The van der Waals surface area contributed by atoms with Gasteiger partial charge in [0.05, 0.1) is 11.4 Å². The molecule has 0 atom stereocenters. The van der Waals surface area contributed by atoms with Gasteiger partial charge >= 0.3 is 0 Å².